The molecule has 0 saturated carbocycles. The van der Waals surface area contributed by atoms with Gasteiger partial charge in [-0.15, -0.1) is 0 Å². The normalized spacial score (nSPS) is 12.3. The number of phenols is 1. The number of hydrogen-bond donors (Lipinski definition) is 3. The van der Waals surface area contributed by atoms with Crippen LogP contribution in [0.25, 0.3) is 32.7 Å². The van der Waals surface area contributed by atoms with Gasteiger partial charge >= 0.3 is 6.18 Å². The van der Waals surface area contributed by atoms with Gasteiger partial charge in [-0.05, 0) is 24.6 Å². The second-order valence-electron chi connectivity index (χ2n) is 6.05. The number of para-hydroxylation sites is 1. The zero-order valence-electron chi connectivity index (χ0n) is 13.4. The van der Waals surface area contributed by atoms with Crippen LogP contribution in [-0.4, -0.2) is 21.0 Å². The van der Waals surface area contributed by atoms with Crippen LogP contribution in [0.1, 0.15) is 21.6 Å². The molecule has 0 aliphatic carbocycles. The molecule has 2 heterocycles. The minimum absolute atomic E-state index is 0.0858. The number of H-pyrrole nitrogens is 1. The number of carbonyl (C=O) groups excluding carboxylic acids is 1. The maximum Gasteiger partial charge on any atom is 0.418 e. The molecular formula is C18H12F3N3O2. The van der Waals surface area contributed by atoms with Gasteiger partial charge in [0.2, 0.25) is 0 Å². The van der Waals surface area contributed by atoms with E-state index >= 15 is 0 Å². The third-order valence-corrected chi connectivity index (χ3v) is 4.45. The number of primary amides is 1. The Kier molecular flexibility index (Phi) is 3.18. The molecule has 0 fully saturated rings. The third-order valence-electron chi connectivity index (χ3n) is 4.45. The van der Waals surface area contributed by atoms with Gasteiger partial charge in [0.15, 0.2) is 5.69 Å². The number of nitrogens with two attached hydrogens (primary N) is 1. The van der Waals surface area contributed by atoms with Gasteiger partial charge in [0.25, 0.3) is 5.91 Å². The highest BCUT2D eigenvalue weighted by Crippen LogP contribution is 2.41. The molecule has 26 heavy (non-hydrogen) atoms. The number of aromatic amines is 1. The molecule has 132 valence electrons. The van der Waals surface area contributed by atoms with Gasteiger partial charge in [0, 0.05) is 16.2 Å². The molecule has 4 aromatic rings. The molecule has 2 aromatic heterocycles. The van der Waals surface area contributed by atoms with Gasteiger partial charge < -0.3 is 15.8 Å². The largest absolute Gasteiger partial charge is 0.506 e. The molecule has 1 amide bonds. The lowest BCUT2D eigenvalue weighted by Crippen LogP contribution is -2.15. The highest BCUT2D eigenvalue weighted by molar-refractivity contribution is 6.25. The van der Waals surface area contributed by atoms with Gasteiger partial charge in [-0.25, -0.2) is 4.98 Å². The minimum atomic E-state index is -4.64. The third kappa shape index (κ3) is 2.11. The van der Waals surface area contributed by atoms with Crippen LogP contribution in [0.4, 0.5) is 13.2 Å². The molecule has 0 spiro atoms. The molecule has 8 heteroatoms. The quantitative estimate of drug-likeness (QED) is 0.480. The number of benzene rings is 2. The Hall–Kier alpha value is -3.29. The van der Waals surface area contributed by atoms with Crippen LogP contribution in [0.3, 0.4) is 0 Å². The second kappa shape index (κ2) is 5.10. The lowest BCUT2D eigenvalue weighted by Gasteiger charge is -2.12. The van der Waals surface area contributed by atoms with E-state index in [9.17, 15) is 23.1 Å². The van der Waals surface area contributed by atoms with E-state index in [0.717, 1.165) is 11.6 Å². The molecule has 0 radical (unpaired) electrons. The minimum Gasteiger partial charge on any atom is -0.506 e. The van der Waals surface area contributed by atoms with Crippen molar-refractivity contribution in [3.05, 3.63) is 47.2 Å². The molecule has 5 nitrogen and oxygen atoms in total. The Morgan fingerprint density at radius 1 is 1.15 bits per heavy atom. The molecule has 0 saturated heterocycles. The van der Waals surface area contributed by atoms with E-state index in [4.69, 9.17) is 5.73 Å². The fourth-order valence-corrected chi connectivity index (χ4v) is 3.34. The number of aryl methyl sites for hydroxylation is 1. The van der Waals surface area contributed by atoms with E-state index in [-0.39, 0.29) is 27.9 Å². The topological polar surface area (TPSA) is 92.0 Å². The van der Waals surface area contributed by atoms with E-state index in [1.165, 1.54) is 18.2 Å². The van der Waals surface area contributed by atoms with Crippen molar-refractivity contribution < 1.29 is 23.1 Å². The van der Waals surface area contributed by atoms with Gasteiger partial charge in [0.1, 0.15) is 5.75 Å². The van der Waals surface area contributed by atoms with Crippen LogP contribution < -0.4 is 5.73 Å². The fraction of sp³-hybridized carbons (Fsp3) is 0.111. The molecule has 0 unspecified atom stereocenters. The van der Waals surface area contributed by atoms with E-state index in [1.54, 1.807) is 13.0 Å². The van der Waals surface area contributed by atoms with E-state index in [0.29, 0.717) is 16.3 Å². The molecule has 0 atom stereocenters. The van der Waals surface area contributed by atoms with Crippen LogP contribution in [0.5, 0.6) is 5.75 Å². The lowest BCUT2D eigenvalue weighted by atomic mass is 10.0. The predicted molar refractivity (Wildman–Crippen MR) is 91.0 cm³/mol. The van der Waals surface area contributed by atoms with Crippen molar-refractivity contribution in [2.75, 3.05) is 0 Å². The van der Waals surface area contributed by atoms with Crippen molar-refractivity contribution in [2.24, 2.45) is 5.73 Å². The number of rotatable bonds is 1. The summed E-state index contributed by atoms with van der Waals surface area (Å²) in [5.41, 5.74) is 4.99. The van der Waals surface area contributed by atoms with Crippen LogP contribution >= 0.6 is 0 Å². The molecule has 2 aromatic carbocycles. The Labute approximate surface area is 144 Å². The number of hydrogen-bond acceptors (Lipinski definition) is 3. The van der Waals surface area contributed by atoms with Crippen molar-refractivity contribution in [1.29, 1.82) is 0 Å². The number of nitrogens with zero attached hydrogens (tertiary/aromatic N) is 1. The first-order valence-corrected chi connectivity index (χ1v) is 7.64. The maximum absolute atomic E-state index is 13.4. The number of amides is 1. The van der Waals surface area contributed by atoms with Crippen molar-refractivity contribution in [2.45, 2.75) is 13.1 Å². The number of fused-ring (bicyclic) bond motifs is 5. The summed E-state index contributed by atoms with van der Waals surface area (Å²) in [4.78, 5) is 18.7. The Bertz CT molecular complexity index is 1230. The smallest absolute Gasteiger partial charge is 0.418 e. The summed E-state index contributed by atoms with van der Waals surface area (Å²) in [6.45, 7) is 1.76. The van der Waals surface area contributed by atoms with Crippen LogP contribution in [0.15, 0.2) is 30.3 Å². The van der Waals surface area contributed by atoms with Crippen molar-refractivity contribution in [3.63, 3.8) is 0 Å². The van der Waals surface area contributed by atoms with Crippen molar-refractivity contribution in [3.8, 4) is 5.75 Å². The number of alkyl halides is 3. The second-order valence-corrected chi connectivity index (χ2v) is 6.05. The first-order valence-electron chi connectivity index (χ1n) is 7.64. The summed E-state index contributed by atoms with van der Waals surface area (Å²) < 4.78 is 40.3. The first-order chi connectivity index (χ1) is 12.2. The zero-order chi connectivity index (χ0) is 18.8. The predicted octanol–water partition coefficient (Wildman–Crippen LogP) is 4.00. The highest BCUT2D eigenvalue weighted by atomic mass is 19.4. The summed E-state index contributed by atoms with van der Waals surface area (Å²) in [6, 6.07) is 6.81. The Balaban J connectivity index is 2.36. The number of carbonyl (C=O) groups is 1. The van der Waals surface area contributed by atoms with Gasteiger partial charge in [-0.1, -0.05) is 18.2 Å². The number of halogens is 3. The lowest BCUT2D eigenvalue weighted by molar-refractivity contribution is -0.136. The van der Waals surface area contributed by atoms with Gasteiger partial charge in [-0.2, -0.15) is 13.2 Å². The maximum atomic E-state index is 13.4. The molecular weight excluding hydrogens is 347 g/mol. The summed E-state index contributed by atoms with van der Waals surface area (Å²) in [5.74, 6) is -1.05. The number of phenolic OH excluding ortho intramolecular Hbond substituents is 1. The molecule has 4 rings (SSSR count). The van der Waals surface area contributed by atoms with Crippen LogP contribution in [0, 0.1) is 6.92 Å². The Morgan fingerprint density at radius 2 is 1.88 bits per heavy atom. The van der Waals surface area contributed by atoms with Crippen molar-refractivity contribution >= 4 is 38.6 Å². The van der Waals surface area contributed by atoms with E-state index in [1.807, 2.05) is 0 Å². The molecule has 0 aliphatic rings. The van der Waals surface area contributed by atoms with Gasteiger partial charge in [0.05, 0.1) is 22.1 Å². The van der Waals surface area contributed by atoms with Crippen LogP contribution in [-0.2, 0) is 6.18 Å². The zero-order valence-corrected chi connectivity index (χ0v) is 13.4. The standard InChI is InChI=1S/C18H12F3N3O2/c1-7-5-6-10(25)14-11(7)12-8-3-2-4-9(18(19,20)21)13(8)23-16(17(22)26)15(12)24-14/h2-6,24-25H,1H3,(H2,22,26). The van der Waals surface area contributed by atoms with E-state index < -0.39 is 17.6 Å². The SMILES string of the molecule is Cc1ccc(O)c2[nH]c3c(C(N)=O)nc4c(C(F)(F)F)cccc4c3c12. The summed E-state index contributed by atoms with van der Waals surface area (Å²) in [7, 11) is 0. The average molecular weight is 359 g/mol. The van der Waals surface area contributed by atoms with Crippen molar-refractivity contribution in [1.82, 2.24) is 9.97 Å². The molecule has 0 bridgehead atoms. The molecule has 4 N–H and O–H groups in total. The summed E-state index contributed by atoms with van der Waals surface area (Å²) in [6.07, 6.45) is -4.64. The number of pyridine rings is 1. The summed E-state index contributed by atoms with van der Waals surface area (Å²) in [5, 5.41) is 11.3. The number of aromatic nitrogens is 2. The highest BCUT2D eigenvalue weighted by Gasteiger charge is 2.34. The Morgan fingerprint density at radius 3 is 2.54 bits per heavy atom. The first kappa shape index (κ1) is 16.2. The van der Waals surface area contributed by atoms with Crippen LogP contribution in [0.2, 0.25) is 0 Å². The summed E-state index contributed by atoms with van der Waals surface area (Å²) >= 11 is 0. The number of aromatic hydroxyl groups is 1. The van der Waals surface area contributed by atoms with E-state index in [2.05, 4.69) is 9.97 Å². The average Bonchev–Trinajstić information content (AvgIpc) is 2.97. The molecule has 0 aliphatic heterocycles. The number of nitrogens with one attached hydrogen (secondary N) is 1. The fourth-order valence-electron chi connectivity index (χ4n) is 3.34. The monoisotopic (exact) mass is 359 g/mol. The van der Waals surface area contributed by atoms with Gasteiger partial charge in [-0.3, -0.25) is 4.79 Å².